The van der Waals surface area contributed by atoms with Crippen molar-refractivity contribution in [3.8, 4) is 5.88 Å². The van der Waals surface area contributed by atoms with Gasteiger partial charge in [-0.1, -0.05) is 37.3 Å². The molecule has 3 rings (SSSR count). The molecule has 8 nitrogen and oxygen atoms in total. The fourth-order valence-electron chi connectivity index (χ4n) is 3.65. The molecule has 2 N–H and O–H groups in total. The molecule has 0 radical (unpaired) electrons. The van der Waals surface area contributed by atoms with Gasteiger partial charge in [-0.15, -0.1) is 0 Å². The minimum Gasteiger partial charge on any atom is -0.462 e. The first-order valence-corrected chi connectivity index (χ1v) is 10.8. The van der Waals surface area contributed by atoms with Crippen molar-refractivity contribution in [2.24, 2.45) is 5.73 Å². The number of Topliss-reactive ketones (excluding diaryl/α,β-unsaturated/α-hetero) is 1. The molecule has 0 spiro atoms. The number of amides is 1. The van der Waals surface area contributed by atoms with Crippen molar-refractivity contribution < 1.29 is 23.9 Å². The minimum atomic E-state index is -1.08. The summed E-state index contributed by atoms with van der Waals surface area (Å²) in [5, 5.41) is 0.344. The second-order valence-electron chi connectivity index (χ2n) is 8.78. The Morgan fingerprint density at radius 1 is 1.12 bits per heavy atom. The average Bonchev–Trinajstić information content (AvgIpc) is 3.03. The zero-order valence-electron chi connectivity index (χ0n) is 19.5. The van der Waals surface area contributed by atoms with Gasteiger partial charge in [0.05, 0.1) is 16.5 Å². The molecule has 0 bridgehead atoms. The van der Waals surface area contributed by atoms with Gasteiger partial charge in [-0.3, -0.25) is 9.59 Å². The number of ketones is 1. The van der Waals surface area contributed by atoms with Crippen LogP contribution in [-0.2, 0) is 20.9 Å². The zero-order valence-corrected chi connectivity index (χ0v) is 19.5. The topological polar surface area (TPSA) is 114 Å². The van der Waals surface area contributed by atoms with Gasteiger partial charge in [0.25, 0.3) is 11.7 Å². The lowest BCUT2D eigenvalue weighted by atomic mass is 10.1. The predicted molar refractivity (Wildman–Crippen MR) is 124 cm³/mol. The molecule has 0 aliphatic rings. The molecule has 0 fully saturated rings. The van der Waals surface area contributed by atoms with E-state index < -0.39 is 29.4 Å². The second kappa shape index (κ2) is 9.44. The van der Waals surface area contributed by atoms with Crippen molar-refractivity contribution in [2.75, 3.05) is 0 Å². The van der Waals surface area contributed by atoms with Crippen LogP contribution in [0.5, 0.6) is 5.88 Å². The number of carbonyl (C=O) groups is 3. The first-order chi connectivity index (χ1) is 15.5. The number of benzene rings is 1. The minimum absolute atomic E-state index is 0.0738. The van der Waals surface area contributed by atoms with Gasteiger partial charge < -0.3 is 19.8 Å². The second-order valence-corrected chi connectivity index (χ2v) is 8.78. The molecule has 1 amide bonds. The largest absolute Gasteiger partial charge is 0.462 e. The van der Waals surface area contributed by atoms with Crippen molar-refractivity contribution in [3.05, 3.63) is 59.4 Å². The lowest BCUT2D eigenvalue weighted by Crippen LogP contribution is -2.35. The first kappa shape index (κ1) is 24.0. The Hall–Kier alpha value is -3.68. The molecule has 174 valence electrons. The summed E-state index contributed by atoms with van der Waals surface area (Å²) in [6.45, 7) is 9.31. The highest BCUT2D eigenvalue weighted by atomic mass is 16.6. The molecule has 8 heteroatoms. The average molecular weight is 452 g/mol. The van der Waals surface area contributed by atoms with E-state index in [4.69, 9.17) is 15.2 Å². The number of esters is 1. The number of pyridine rings is 1. The van der Waals surface area contributed by atoms with Crippen LogP contribution in [0.4, 0.5) is 0 Å². The van der Waals surface area contributed by atoms with Crippen molar-refractivity contribution >= 4 is 28.6 Å². The van der Waals surface area contributed by atoms with Crippen LogP contribution in [0.25, 0.3) is 10.9 Å². The SMILES string of the molecule is CCC(Oc1nccc2c1c(C(=O)C(N)=O)c(C)n2Cc1ccccc1)C(=O)OC(C)(C)C. The van der Waals surface area contributed by atoms with E-state index in [1.165, 1.54) is 0 Å². The van der Waals surface area contributed by atoms with Gasteiger partial charge in [0.1, 0.15) is 5.60 Å². The first-order valence-electron chi connectivity index (χ1n) is 10.8. The Balaban J connectivity index is 2.15. The number of primary amides is 1. The summed E-state index contributed by atoms with van der Waals surface area (Å²) in [5.74, 6) is -2.38. The van der Waals surface area contributed by atoms with E-state index in [0.717, 1.165) is 5.56 Å². The lowest BCUT2D eigenvalue weighted by molar-refractivity contribution is -0.163. The van der Waals surface area contributed by atoms with Crippen LogP contribution in [0.15, 0.2) is 42.6 Å². The maximum absolute atomic E-state index is 12.8. The van der Waals surface area contributed by atoms with E-state index in [1.54, 1.807) is 46.9 Å². The molecule has 3 aromatic rings. The number of nitrogens with two attached hydrogens (primary N) is 1. The molecule has 2 heterocycles. The zero-order chi connectivity index (χ0) is 24.3. The normalized spacial score (nSPS) is 12.4. The number of fused-ring (bicyclic) bond motifs is 1. The number of aromatic nitrogens is 2. The van der Waals surface area contributed by atoms with Crippen LogP contribution in [0.2, 0.25) is 0 Å². The van der Waals surface area contributed by atoms with Gasteiger partial charge in [-0.25, -0.2) is 9.78 Å². The van der Waals surface area contributed by atoms with E-state index in [2.05, 4.69) is 4.98 Å². The Morgan fingerprint density at radius 2 is 1.79 bits per heavy atom. The van der Waals surface area contributed by atoms with Crippen molar-refractivity contribution in [1.29, 1.82) is 0 Å². The molecule has 1 atom stereocenters. The molecular weight excluding hydrogens is 422 g/mol. The third-order valence-electron chi connectivity index (χ3n) is 5.13. The summed E-state index contributed by atoms with van der Waals surface area (Å²) in [5.41, 5.74) is 7.00. The Bertz CT molecular complexity index is 1190. The summed E-state index contributed by atoms with van der Waals surface area (Å²) >= 11 is 0. The van der Waals surface area contributed by atoms with Gasteiger partial charge in [0.15, 0.2) is 6.10 Å². The Morgan fingerprint density at radius 3 is 2.36 bits per heavy atom. The van der Waals surface area contributed by atoms with Crippen molar-refractivity contribution in [1.82, 2.24) is 9.55 Å². The van der Waals surface area contributed by atoms with Crippen LogP contribution >= 0.6 is 0 Å². The van der Waals surface area contributed by atoms with E-state index in [1.807, 2.05) is 34.9 Å². The van der Waals surface area contributed by atoms with E-state index >= 15 is 0 Å². The highest BCUT2D eigenvalue weighted by Gasteiger charge is 2.30. The van der Waals surface area contributed by atoms with Crippen molar-refractivity contribution in [2.45, 2.75) is 59.3 Å². The van der Waals surface area contributed by atoms with E-state index in [0.29, 0.717) is 29.6 Å². The molecule has 0 saturated heterocycles. The Labute approximate surface area is 192 Å². The maximum atomic E-state index is 12.8. The van der Waals surface area contributed by atoms with E-state index in [9.17, 15) is 14.4 Å². The summed E-state index contributed by atoms with van der Waals surface area (Å²) in [6, 6.07) is 11.4. The Kier molecular flexibility index (Phi) is 6.86. The number of rotatable bonds is 8. The fourth-order valence-corrected chi connectivity index (χ4v) is 3.65. The smallest absolute Gasteiger partial charge is 0.347 e. The van der Waals surface area contributed by atoms with Crippen LogP contribution in [0, 0.1) is 6.92 Å². The summed E-state index contributed by atoms with van der Waals surface area (Å²) in [4.78, 5) is 41.6. The lowest BCUT2D eigenvalue weighted by Gasteiger charge is -2.23. The maximum Gasteiger partial charge on any atom is 0.347 e. The third kappa shape index (κ3) is 5.22. The van der Waals surface area contributed by atoms with Gasteiger partial charge >= 0.3 is 5.97 Å². The molecule has 0 aliphatic carbocycles. The fraction of sp³-hybridized carbons (Fsp3) is 0.360. The molecular formula is C25H29N3O5. The molecule has 33 heavy (non-hydrogen) atoms. The predicted octanol–water partition coefficient (Wildman–Crippen LogP) is 3.56. The van der Waals surface area contributed by atoms with Gasteiger partial charge in [0, 0.05) is 18.4 Å². The van der Waals surface area contributed by atoms with Crippen molar-refractivity contribution in [3.63, 3.8) is 0 Å². The number of hydrogen-bond acceptors (Lipinski definition) is 6. The molecule has 2 aromatic heterocycles. The molecule has 0 saturated carbocycles. The van der Waals surface area contributed by atoms with Gasteiger partial charge in [0.2, 0.25) is 5.88 Å². The van der Waals surface area contributed by atoms with E-state index in [-0.39, 0.29) is 11.4 Å². The highest BCUT2D eigenvalue weighted by molar-refractivity contribution is 6.45. The summed E-state index contributed by atoms with van der Waals surface area (Å²) < 4.78 is 13.3. The number of ether oxygens (including phenoxy) is 2. The van der Waals surface area contributed by atoms with Gasteiger partial charge in [-0.05, 0) is 45.7 Å². The standard InChI is InChI=1S/C25H29N3O5/c1-6-18(24(31)33-25(3,4)5)32-23-20-17(12-13-27-23)28(14-16-10-8-7-9-11-16)15(2)19(20)21(29)22(26)30/h7-13,18H,6,14H2,1-5H3,(H2,26,30). The van der Waals surface area contributed by atoms with Gasteiger partial charge in [-0.2, -0.15) is 0 Å². The number of hydrogen-bond donors (Lipinski definition) is 1. The summed E-state index contributed by atoms with van der Waals surface area (Å²) in [7, 11) is 0. The molecule has 0 aliphatic heterocycles. The summed E-state index contributed by atoms with van der Waals surface area (Å²) in [6.07, 6.45) is 0.936. The molecule has 1 unspecified atom stereocenters. The quantitative estimate of drug-likeness (QED) is 0.318. The van der Waals surface area contributed by atoms with Crippen LogP contribution in [0.3, 0.4) is 0 Å². The highest BCUT2D eigenvalue weighted by Crippen LogP contribution is 2.34. The van der Waals surface area contributed by atoms with Crippen LogP contribution in [-0.4, -0.2) is 38.9 Å². The number of carbonyl (C=O) groups excluding carboxylic acids is 3. The molecule has 1 aromatic carbocycles. The van der Waals surface area contributed by atoms with Crippen LogP contribution in [0.1, 0.15) is 55.7 Å². The monoisotopic (exact) mass is 451 g/mol. The third-order valence-corrected chi connectivity index (χ3v) is 5.13. The number of nitrogens with zero attached hydrogens (tertiary/aromatic N) is 2. The van der Waals surface area contributed by atoms with Crippen LogP contribution < -0.4 is 10.5 Å².